The molecule has 0 aromatic rings. The normalized spacial score (nSPS) is 24.5. The third-order valence-corrected chi connectivity index (χ3v) is 4.01. The fraction of sp³-hybridized carbons (Fsp3) is 1.00. The van der Waals surface area contributed by atoms with Crippen molar-refractivity contribution in [3.63, 3.8) is 0 Å². The Labute approximate surface area is 119 Å². The number of nitrogens with one attached hydrogen (secondary N) is 1. The van der Waals surface area contributed by atoms with Crippen LogP contribution in [0.3, 0.4) is 0 Å². The van der Waals surface area contributed by atoms with Gasteiger partial charge in [-0.15, -0.1) is 0 Å². The number of nitrogens with zero attached hydrogens (tertiary/aromatic N) is 2. The molecule has 0 radical (unpaired) electrons. The van der Waals surface area contributed by atoms with E-state index in [4.69, 9.17) is 4.74 Å². The van der Waals surface area contributed by atoms with Crippen LogP contribution < -0.4 is 5.32 Å². The fourth-order valence-electron chi connectivity index (χ4n) is 2.86. The van der Waals surface area contributed by atoms with Gasteiger partial charge < -0.3 is 19.9 Å². The van der Waals surface area contributed by atoms with E-state index >= 15 is 0 Å². The monoisotopic (exact) mass is 271 g/mol. The van der Waals surface area contributed by atoms with Crippen molar-refractivity contribution < 1.29 is 4.74 Å². The summed E-state index contributed by atoms with van der Waals surface area (Å²) in [7, 11) is 4.39. The van der Waals surface area contributed by atoms with Crippen LogP contribution in [0.5, 0.6) is 0 Å². The van der Waals surface area contributed by atoms with Crippen molar-refractivity contribution in [2.75, 3.05) is 60.0 Å². The molecule has 114 valence electrons. The number of ether oxygens (including phenoxy) is 1. The zero-order valence-electron chi connectivity index (χ0n) is 13.3. The quantitative estimate of drug-likeness (QED) is 0.606. The van der Waals surface area contributed by atoms with Gasteiger partial charge in [-0.1, -0.05) is 6.92 Å². The van der Waals surface area contributed by atoms with Gasteiger partial charge in [0.1, 0.15) is 0 Å². The van der Waals surface area contributed by atoms with Crippen LogP contribution in [0.15, 0.2) is 0 Å². The van der Waals surface area contributed by atoms with E-state index in [2.05, 4.69) is 43.1 Å². The molecule has 1 fully saturated rings. The number of hydrogen-bond acceptors (Lipinski definition) is 4. The van der Waals surface area contributed by atoms with Gasteiger partial charge in [0.25, 0.3) is 0 Å². The number of likely N-dealkylation sites (tertiary alicyclic amines) is 1. The summed E-state index contributed by atoms with van der Waals surface area (Å²) in [6.07, 6.45) is 2.39. The predicted octanol–water partition coefficient (Wildman–Crippen LogP) is 1.27. The molecule has 1 N–H and O–H groups in total. The molecule has 4 nitrogen and oxygen atoms in total. The first-order valence-electron chi connectivity index (χ1n) is 7.82. The zero-order valence-corrected chi connectivity index (χ0v) is 13.3. The van der Waals surface area contributed by atoms with Crippen molar-refractivity contribution in [3.8, 4) is 0 Å². The molecule has 4 heteroatoms. The highest BCUT2D eigenvalue weighted by molar-refractivity contribution is 4.86. The second-order valence-electron chi connectivity index (χ2n) is 5.92. The van der Waals surface area contributed by atoms with Crippen molar-refractivity contribution in [1.82, 2.24) is 15.1 Å². The third kappa shape index (κ3) is 6.70. The largest absolute Gasteiger partial charge is 0.382 e. The maximum absolute atomic E-state index is 5.33. The Balaban J connectivity index is 1.96. The lowest BCUT2D eigenvalue weighted by atomic mass is 10.1. The lowest BCUT2D eigenvalue weighted by Crippen LogP contribution is -2.36. The SMILES string of the molecule is CCOCCCCNCCN1CC(C)C(N(C)C)C1. The van der Waals surface area contributed by atoms with Gasteiger partial charge in [0.2, 0.25) is 0 Å². The number of rotatable bonds is 10. The van der Waals surface area contributed by atoms with E-state index in [1.54, 1.807) is 0 Å². The topological polar surface area (TPSA) is 27.7 Å². The molecule has 1 aliphatic heterocycles. The van der Waals surface area contributed by atoms with E-state index < -0.39 is 0 Å². The molecule has 0 aromatic carbocycles. The Morgan fingerprint density at radius 2 is 2.00 bits per heavy atom. The minimum Gasteiger partial charge on any atom is -0.382 e. The summed E-state index contributed by atoms with van der Waals surface area (Å²) in [6, 6.07) is 0.728. The third-order valence-electron chi connectivity index (χ3n) is 4.01. The van der Waals surface area contributed by atoms with Crippen molar-refractivity contribution in [1.29, 1.82) is 0 Å². The van der Waals surface area contributed by atoms with E-state index in [1.807, 2.05) is 0 Å². The average Bonchev–Trinajstić information content (AvgIpc) is 2.74. The molecule has 1 aliphatic rings. The second-order valence-corrected chi connectivity index (χ2v) is 5.92. The van der Waals surface area contributed by atoms with Gasteiger partial charge in [-0.3, -0.25) is 0 Å². The van der Waals surface area contributed by atoms with Crippen LogP contribution in [0.4, 0.5) is 0 Å². The van der Waals surface area contributed by atoms with Crippen LogP contribution in [0.25, 0.3) is 0 Å². The Morgan fingerprint density at radius 1 is 1.21 bits per heavy atom. The zero-order chi connectivity index (χ0) is 14.1. The Bertz CT molecular complexity index is 223. The molecule has 0 aliphatic carbocycles. The number of likely N-dealkylation sites (N-methyl/N-ethyl adjacent to an activating group) is 1. The fourth-order valence-corrected chi connectivity index (χ4v) is 2.86. The molecule has 0 spiro atoms. The van der Waals surface area contributed by atoms with Gasteiger partial charge in [-0.25, -0.2) is 0 Å². The van der Waals surface area contributed by atoms with Gasteiger partial charge in [0.05, 0.1) is 0 Å². The molecule has 2 unspecified atom stereocenters. The van der Waals surface area contributed by atoms with Crippen molar-refractivity contribution in [2.24, 2.45) is 5.92 Å². The van der Waals surface area contributed by atoms with Crippen LogP contribution in [0.2, 0.25) is 0 Å². The summed E-state index contributed by atoms with van der Waals surface area (Å²) in [5.74, 6) is 0.793. The Kier molecular flexibility index (Phi) is 8.62. The lowest BCUT2D eigenvalue weighted by Gasteiger charge is -2.22. The molecule has 1 saturated heterocycles. The van der Waals surface area contributed by atoms with E-state index in [9.17, 15) is 0 Å². The smallest absolute Gasteiger partial charge is 0.0466 e. The highest BCUT2D eigenvalue weighted by Crippen LogP contribution is 2.19. The molecular formula is C15H33N3O. The number of unbranched alkanes of at least 4 members (excludes halogenated alkanes) is 1. The molecule has 0 amide bonds. The van der Waals surface area contributed by atoms with Crippen LogP contribution in [0, 0.1) is 5.92 Å². The summed E-state index contributed by atoms with van der Waals surface area (Å²) >= 11 is 0. The first-order chi connectivity index (χ1) is 9.15. The van der Waals surface area contributed by atoms with Crippen molar-refractivity contribution >= 4 is 0 Å². The van der Waals surface area contributed by atoms with E-state index in [-0.39, 0.29) is 0 Å². The summed E-state index contributed by atoms with van der Waals surface area (Å²) in [4.78, 5) is 4.95. The van der Waals surface area contributed by atoms with E-state index in [1.165, 1.54) is 32.5 Å². The first kappa shape index (κ1) is 16.9. The van der Waals surface area contributed by atoms with Crippen molar-refractivity contribution in [2.45, 2.75) is 32.7 Å². The van der Waals surface area contributed by atoms with Gasteiger partial charge in [-0.05, 0) is 46.3 Å². The molecule has 1 heterocycles. The minimum atomic E-state index is 0.728. The van der Waals surface area contributed by atoms with Crippen LogP contribution in [-0.2, 0) is 4.74 Å². The average molecular weight is 271 g/mol. The molecular weight excluding hydrogens is 238 g/mol. The highest BCUT2D eigenvalue weighted by atomic mass is 16.5. The molecule has 2 atom stereocenters. The summed E-state index contributed by atoms with van der Waals surface area (Å²) in [5.41, 5.74) is 0. The summed E-state index contributed by atoms with van der Waals surface area (Å²) < 4.78 is 5.33. The standard InChI is InChI=1S/C15H33N3O/c1-5-19-11-7-6-8-16-9-10-18-12-14(2)15(13-18)17(3)4/h14-16H,5-13H2,1-4H3. The Hall–Kier alpha value is -0.160. The molecule has 0 bridgehead atoms. The molecule has 1 rings (SSSR count). The maximum Gasteiger partial charge on any atom is 0.0466 e. The van der Waals surface area contributed by atoms with Crippen LogP contribution in [-0.4, -0.2) is 75.9 Å². The number of hydrogen-bond donors (Lipinski definition) is 1. The molecule has 19 heavy (non-hydrogen) atoms. The Morgan fingerprint density at radius 3 is 2.63 bits per heavy atom. The predicted molar refractivity (Wildman–Crippen MR) is 81.7 cm³/mol. The van der Waals surface area contributed by atoms with E-state index in [0.29, 0.717) is 0 Å². The molecule has 0 aromatic heterocycles. The minimum absolute atomic E-state index is 0.728. The summed E-state index contributed by atoms with van der Waals surface area (Å²) in [5, 5.41) is 3.54. The maximum atomic E-state index is 5.33. The lowest BCUT2D eigenvalue weighted by molar-refractivity contribution is 0.143. The van der Waals surface area contributed by atoms with Gasteiger partial charge in [0.15, 0.2) is 0 Å². The van der Waals surface area contributed by atoms with Crippen LogP contribution in [0.1, 0.15) is 26.7 Å². The van der Waals surface area contributed by atoms with E-state index in [0.717, 1.165) is 38.3 Å². The second kappa shape index (κ2) is 9.70. The van der Waals surface area contributed by atoms with Gasteiger partial charge >= 0.3 is 0 Å². The van der Waals surface area contributed by atoms with Crippen LogP contribution >= 0.6 is 0 Å². The van der Waals surface area contributed by atoms with Gasteiger partial charge in [-0.2, -0.15) is 0 Å². The van der Waals surface area contributed by atoms with Crippen molar-refractivity contribution in [3.05, 3.63) is 0 Å². The summed E-state index contributed by atoms with van der Waals surface area (Å²) in [6.45, 7) is 12.0. The first-order valence-corrected chi connectivity index (χ1v) is 7.82. The van der Waals surface area contributed by atoms with Gasteiger partial charge in [0, 0.05) is 45.4 Å². The highest BCUT2D eigenvalue weighted by Gasteiger charge is 2.30. The molecule has 0 saturated carbocycles.